The van der Waals surface area contributed by atoms with Crippen LogP contribution in [0.3, 0.4) is 0 Å². The maximum Gasteiger partial charge on any atom is 0.253 e. The van der Waals surface area contributed by atoms with E-state index in [-0.39, 0.29) is 18.2 Å². The fraction of sp³-hybridized carbons (Fsp3) is 0.227. The lowest BCUT2D eigenvalue weighted by atomic mass is 10.1. The smallest absolute Gasteiger partial charge is 0.253 e. The highest BCUT2D eigenvalue weighted by atomic mass is 35.5. The van der Waals surface area contributed by atoms with E-state index in [4.69, 9.17) is 11.6 Å². The van der Waals surface area contributed by atoms with Crippen LogP contribution in [0.4, 0.5) is 0 Å². The molecule has 3 aromatic rings. The highest BCUT2D eigenvalue weighted by molar-refractivity contribution is 7.91. The molecule has 0 radical (unpaired) electrons. The fourth-order valence-corrected chi connectivity index (χ4v) is 6.52. The molecule has 7 heteroatoms. The van der Waals surface area contributed by atoms with Crippen molar-refractivity contribution in [3.8, 4) is 10.4 Å². The Labute approximate surface area is 179 Å². The first-order valence-corrected chi connectivity index (χ1v) is 12.3. The van der Waals surface area contributed by atoms with Crippen LogP contribution in [-0.4, -0.2) is 38.1 Å². The summed E-state index contributed by atoms with van der Waals surface area (Å²) in [6.07, 6.45) is 0.338. The highest BCUT2D eigenvalue weighted by Crippen LogP contribution is 2.34. The second-order valence-electron chi connectivity index (χ2n) is 7.01. The van der Waals surface area contributed by atoms with Crippen LogP contribution in [0.5, 0.6) is 0 Å². The molecular formula is C22H20ClNO3S2. The van der Waals surface area contributed by atoms with Gasteiger partial charge in [0.15, 0.2) is 9.84 Å². The molecule has 1 aliphatic rings. The molecule has 4 nitrogen and oxygen atoms in total. The third-order valence-electron chi connectivity index (χ3n) is 5.22. The summed E-state index contributed by atoms with van der Waals surface area (Å²) < 4.78 is 25.7. The summed E-state index contributed by atoms with van der Waals surface area (Å²) in [5, 5.41) is 1.78. The molecule has 1 saturated heterocycles. The first-order chi connectivity index (χ1) is 14.0. The third-order valence-corrected chi connectivity index (χ3v) is 8.59. The van der Waals surface area contributed by atoms with Crippen LogP contribution in [-0.2, 0) is 9.84 Å². The number of amides is 1. The minimum Gasteiger partial charge on any atom is -0.338 e. The summed E-state index contributed by atoms with van der Waals surface area (Å²) in [7, 11) is -3.40. The van der Waals surface area contributed by atoms with Crippen molar-refractivity contribution in [2.45, 2.75) is 11.7 Å². The Balaban J connectivity index is 1.53. The van der Waals surface area contributed by atoms with Crippen LogP contribution in [0.1, 0.15) is 27.6 Å². The van der Waals surface area contributed by atoms with E-state index < -0.39 is 15.1 Å². The predicted molar refractivity (Wildman–Crippen MR) is 118 cm³/mol. The molecule has 0 unspecified atom stereocenters. The Kier molecular flexibility index (Phi) is 5.76. The molecule has 0 N–H and O–H groups in total. The molecule has 0 bridgehead atoms. The van der Waals surface area contributed by atoms with Crippen molar-refractivity contribution in [2.75, 3.05) is 18.8 Å². The van der Waals surface area contributed by atoms with Crippen molar-refractivity contribution in [1.82, 2.24) is 4.90 Å². The first-order valence-electron chi connectivity index (χ1n) is 9.35. The lowest BCUT2D eigenvalue weighted by molar-refractivity contribution is 0.0766. The maximum atomic E-state index is 13.0. The van der Waals surface area contributed by atoms with Gasteiger partial charge in [-0.05, 0) is 47.2 Å². The third kappa shape index (κ3) is 4.25. The molecular weight excluding hydrogens is 426 g/mol. The van der Waals surface area contributed by atoms with Crippen molar-refractivity contribution in [2.24, 2.45) is 0 Å². The largest absolute Gasteiger partial charge is 0.338 e. The fourth-order valence-electron chi connectivity index (χ4n) is 3.63. The number of carbonyl (C=O) groups is 1. The SMILES string of the molecule is O=C(c1ccc(-c2cccs2)cc1)N1CC[C@H](c2ccccc2Cl)S(=O)(=O)CC1. The number of halogens is 1. The van der Waals surface area contributed by atoms with Crippen molar-refractivity contribution in [3.05, 3.63) is 82.2 Å². The van der Waals surface area contributed by atoms with Crippen molar-refractivity contribution in [1.29, 1.82) is 0 Å². The molecule has 1 aromatic heterocycles. The number of benzene rings is 2. The molecule has 4 rings (SSSR count). The summed E-state index contributed by atoms with van der Waals surface area (Å²) in [5.74, 6) is -0.209. The number of hydrogen-bond donors (Lipinski definition) is 0. The van der Waals surface area contributed by atoms with Gasteiger partial charge in [0.2, 0.25) is 0 Å². The van der Waals surface area contributed by atoms with Crippen molar-refractivity contribution < 1.29 is 13.2 Å². The van der Waals surface area contributed by atoms with Crippen LogP contribution >= 0.6 is 22.9 Å². The number of carbonyl (C=O) groups excluding carboxylic acids is 1. The van der Waals surface area contributed by atoms with Crippen molar-refractivity contribution in [3.63, 3.8) is 0 Å². The van der Waals surface area contributed by atoms with E-state index in [1.54, 1.807) is 40.5 Å². The Morgan fingerprint density at radius 2 is 1.76 bits per heavy atom. The minimum atomic E-state index is -3.40. The maximum absolute atomic E-state index is 13.0. The molecule has 1 fully saturated rings. The van der Waals surface area contributed by atoms with Gasteiger partial charge in [-0.15, -0.1) is 11.3 Å². The Morgan fingerprint density at radius 3 is 2.45 bits per heavy atom. The van der Waals surface area contributed by atoms with Crippen LogP contribution in [0.25, 0.3) is 10.4 Å². The second kappa shape index (κ2) is 8.30. The van der Waals surface area contributed by atoms with E-state index in [0.29, 0.717) is 29.1 Å². The highest BCUT2D eigenvalue weighted by Gasteiger charge is 2.33. The average Bonchev–Trinajstić information content (AvgIpc) is 3.21. The summed E-state index contributed by atoms with van der Waals surface area (Å²) in [6, 6.07) is 18.5. The van der Waals surface area contributed by atoms with Gasteiger partial charge in [0, 0.05) is 28.6 Å². The van der Waals surface area contributed by atoms with Gasteiger partial charge < -0.3 is 4.90 Å². The number of thiophene rings is 1. The average molecular weight is 446 g/mol. The number of hydrogen-bond acceptors (Lipinski definition) is 4. The van der Waals surface area contributed by atoms with Gasteiger partial charge in [0.1, 0.15) is 0 Å². The lowest BCUT2D eigenvalue weighted by Crippen LogP contribution is -2.33. The van der Waals surface area contributed by atoms with Crippen LogP contribution in [0.2, 0.25) is 5.02 Å². The molecule has 1 aliphatic heterocycles. The number of nitrogens with zero attached hydrogens (tertiary/aromatic N) is 1. The quantitative estimate of drug-likeness (QED) is 0.565. The minimum absolute atomic E-state index is 0.0676. The van der Waals surface area contributed by atoms with Gasteiger partial charge in [0.25, 0.3) is 5.91 Å². The first kappa shape index (κ1) is 20.1. The summed E-state index contributed by atoms with van der Waals surface area (Å²) in [5.41, 5.74) is 2.25. The Bertz CT molecular complexity index is 1110. The van der Waals surface area contributed by atoms with E-state index in [2.05, 4.69) is 0 Å². The molecule has 0 spiro atoms. The zero-order valence-corrected chi connectivity index (χ0v) is 18.0. The van der Waals surface area contributed by atoms with Crippen molar-refractivity contribution >= 4 is 38.7 Å². The Morgan fingerprint density at radius 1 is 1.00 bits per heavy atom. The Hall–Kier alpha value is -2.15. The standard InChI is InChI=1S/C22H20ClNO3S2/c23-19-5-2-1-4-18(19)21-11-12-24(13-15-29(21,26)27)22(25)17-9-7-16(8-10-17)20-6-3-14-28-20/h1-10,14,21H,11-13,15H2/t21-/m1/s1. The summed E-state index contributed by atoms with van der Waals surface area (Å²) in [6.45, 7) is 0.565. The monoisotopic (exact) mass is 445 g/mol. The van der Waals surface area contributed by atoms with E-state index in [0.717, 1.165) is 10.4 Å². The van der Waals surface area contributed by atoms with E-state index in [1.165, 1.54) is 0 Å². The van der Waals surface area contributed by atoms with Gasteiger partial charge in [0.05, 0.1) is 11.0 Å². The topological polar surface area (TPSA) is 54.5 Å². The van der Waals surface area contributed by atoms with Gasteiger partial charge in [-0.1, -0.05) is 48.0 Å². The molecule has 1 amide bonds. The zero-order valence-electron chi connectivity index (χ0n) is 15.6. The molecule has 0 saturated carbocycles. The van der Waals surface area contributed by atoms with Gasteiger partial charge in [-0.2, -0.15) is 0 Å². The van der Waals surface area contributed by atoms with Crippen LogP contribution in [0.15, 0.2) is 66.0 Å². The van der Waals surface area contributed by atoms with E-state index >= 15 is 0 Å². The second-order valence-corrected chi connectivity index (χ2v) is 10.7. The van der Waals surface area contributed by atoms with Gasteiger partial charge in [-0.25, -0.2) is 8.42 Å². The lowest BCUT2D eigenvalue weighted by Gasteiger charge is -2.20. The number of sulfone groups is 1. The van der Waals surface area contributed by atoms with Gasteiger partial charge >= 0.3 is 0 Å². The van der Waals surface area contributed by atoms with Crippen LogP contribution < -0.4 is 0 Å². The van der Waals surface area contributed by atoms with E-state index in [1.807, 2.05) is 41.8 Å². The molecule has 0 aliphatic carbocycles. The predicted octanol–water partition coefficient (Wildman–Crippen LogP) is 5.07. The molecule has 2 heterocycles. The van der Waals surface area contributed by atoms with Crippen LogP contribution in [0, 0.1) is 0 Å². The molecule has 150 valence electrons. The molecule has 2 aromatic carbocycles. The summed E-state index contributed by atoms with van der Waals surface area (Å²) >= 11 is 7.89. The zero-order chi connectivity index (χ0) is 20.4. The van der Waals surface area contributed by atoms with Gasteiger partial charge in [-0.3, -0.25) is 4.79 Å². The molecule has 1 atom stereocenters. The normalized spacial score (nSPS) is 18.9. The number of rotatable bonds is 3. The van der Waals surface area contributed by atoms with E-state index in [9.17, 15) is 13.2 Å². The summed E-state index contributed by atoms with van der Waals surface area (Å²) in [4.78, 5) is 15.8. The molecule has 29 heavy (non-hydrogen) atoms.